The lowest BCUT2D eigenvalue weighted by molar-refractivity contribution is -0.116. The minimum Gasteiger partial charge on any atom is -0.497 e. The normalized spacial score (nSPS) is 11.6. The molecule has 6 heteroatoms. The van der Waals surface area contributed by atoms with Crippen molar-refractivity contribution in [3.05, 3.63) is 52.5 Å². The summed E-state index contributed by atoms with van der Waals surface area (Å²) in [6.07, 6.45) is 0. The van der Waals surface area contributed by atoms with Crippen LogP contribution in [0.25, 0.3) is 0 Å². The van der Waals surface area contributed by atoms with Gasteiger partial charge in [0.1, 0.15) is 11.8 Å². The Hall–Kier alpha value is -1.91. The lowest BCUT2D eigenvalue weighted by Crippen LogP contribution is -2.31. The number of carbonyl (C=O) groups is 1. The summed E-state index contributed by atoms with van der Waals surface area (Å²) in [5, 5.41) is 6.82. The standard InChI is InChI=1S/C16H16Cl2N2O2/c1-10(19-13-3-5-15(22-2)6-4-13)16(21)20-14-8-11(17)7-12(18)9-14/h3-10,19H,1-2H3,(H,20,21)/t10-/m0/s1. The summed E-state index contributed by atoms with van der Waals surface area (Å²) in [5.41, 5.74) is 1.39. The second kappa shape index (κ2) is 7.38. The summed E-state index contributed by atoms with van der Waals surface area (Å²) in [4.78, 5) is 12.2. The number of methoxy groups -OCH3 is 1. The Morgan fingerprint density at radius 3 is 2.18 bits per heavy atom. The van der Waals surface area contributed by atoms with E-state index in [1.54, 1.807) is 32.2 Å². The van der Waals surface area contributed by atoms with E-state index in [0.29, 0.717) is 15.7 Å². The topological polar surface area (TPSA) is 50.4 Å². The largest absolute Gasteiger partial charge is 0.497 e. The molecule has 0 heterocycles. The zero-order valence-electron chi connectivity index (χ0n) is 12.2. The SMILES string of the molecule is COc1ccc(N[C@@H](C)C(=O)Nc2cc(Cl)cc(Cl)c2)cc1. The Bertz CT molecular complexity index is 639. The molecule has 2 aromatic rings. The molecule has 0 fully saturated rings. The molecule has 0 saturated carbocycles. The van der Waals surface area contributed by atoms with Crippen molar-refractivity contribution in [3.8, 4) is 5.75 Å². The number of nitrogens with one attached hydrogen (secondary N) is 2. The smallest absolute Gasteiger partial charge is 0.246 e. The van der Waals surface area contributed by atoms with E-state index in [4.69, 9.17) is 27.9 Å². The lowest BCUT2D eigenvalue weighted by Gasteiger charge is -2.16. The molecule has 0 aromatic heterocycles. The highest BCUT2D eigenvalue weighted by atomic mass is 35.5. The maximum Gasteiger partial charge on any atom is 0.246 e. The van der Waals surface area contributed by atoms with Crippen molar-refractivity contribution in [2.75, 3.05) is 17.7 Å². The Balaban J connectivity index is 1.99. The highest BCUT2D eigenvalue weighted by Gasteiger charge is 2.13. The summed E-state index contributed by atoms with van der Waals surface area (Å²) in [5.74, 6) is 0.574. The number of hydrogen-bond donors (Lipinski definition) is 2. The Labute approximate surface area is 139 Å². The number of benzene rings is 2. The zero-order valence-corrected chi connectivity index (χ0v) is 13.7. The third-order valence-electron chi connectivity index (χ3n) is 3.00. The number of amides is 1. The van der Waals surface area contributed by atoms with Crippen LogP contribution < -0.4 is 15.4 Å². The Morgan fingerprint density at radius 1 is 1.05 bits per heavy atom. The van der Waals surface area contributed by atoms with Crippen LogP contribution in [-0.4, -0.2) is 19.1 Å². The lowest BCUT2D eigenvalue weighted by atomic mass is 10.2. The van der Waals surface area contributed by atoms with Crippen LogP contribution in [0.4, 0.5) is 11.4 Å². The van der Waals surface area contributed by atoms with Crippen molar-refractivity contribution >= 4 is 40.5 Å². The predicted octanol–water partition coefficient (Wildman–Crippen LogP) is 4.44. The van der Waals surface area contributed by atoms with Gasteiger partial charge in [-0.25, -0.2) is 0 Å². The van der Waals surface area contributed by atoms with E-state index >= 15 is 0 Å². The van der Waals surface area contributed by atoms with Gasteiger partial charge in [-0.3, -0.25) is 4.79 Å². The monoisotopic (exact) mass is 338 g/mol. The number of hydrogen-bond acceptors (Lipinski definition) is 3. The van der Waals surface area contributed by atoms with Crippen LogP contribution in [0.5, 0.6) is 5.75 Å². The molecule has 116 valence electrons. The van der Waals surface area contributed by atoms with E-state index in [-0.39, 0.29) is 5.91 Å². The third-order valence-corrected chi connectivity index (χ3v) is 3.43. The first kappa shape index (κ1) is 16.5. The van der Waals surface area contributed by atoms with Gasteiger partial charge >= 0.3 is 0 Å². The number of anilines is 2. The minimum absolute atomic E-state index is 0.186. The second-order valence-corrected chi connectivity index (χ2v) is 5.61. The van der Waals surface area contributed by atoms with Crippen LogP contribution in [0, 0.1) is 0 Å². The molecule has 0 aliphatic carbocycles. The summed E-state index contributed by atoms with van der Waals surface area (Å²) in [6.45, 7) is 1.77. The molecular weight excluding hydrogens is 323 g/mol. The molecule has 4 nitrogen and oxygen atoms in total. The summed E-state index contributed by atoms with van der Waals surface area (Å²) in [7, 11) is 1.61. The second-order valence-electron chi connectivity index (χ2n) is 4.74. The summed E-state index contributed by atoms with van der Waals surface area (Å²) >= 11 is 11.8. The molecule has 2 rings (SSSR count). The fraction of sp³-hybridized carbons (Fsp3) is 0.188. The van der Waals surface area contributed by atoms with Crippen molar-refractivity contribution in [1.82, 2.24) is 0 Å². The van der Waals surface area contributed by atoms with Crippen LogP contribution in [0.2, 0.25) is 10.0 Å². The highest BCUT2D eigenvalue weighted by Crippen LogP contribution is 2.23. The molecule has 0 unspecified atom stereocenters. The van der Waals surface area contributed by atoms with Crippen molar-refractivity contribution < 1.29 is 9.53 Å². The maximum atomic E-state index is 12.2. The molecule has 1 amide bonds. The third kappa shape index (κ3) is 4.55. The van der Waals surface area contributed by atoms with E-state index in [1.165, 1.54) is 0 Å². The fourth-order valence-corrected chi connectivity index (χ4v) is 2.41. The molecule has 1 atom stereocenters. The number of ether oxygens (including phenoxy) is 1. The number of rotatable bonds is 5. The zero-order chi connectivity index (χ0) is 16.1. The maximum absolute atomic E-state index is 12.2. The first-order chi connectivity index (χ1) is 10.5. The van der Waals surface area contributed by atoms with Gasteiger partial charge in [0.25, 0.3) is 0 Å². The van der Waals surface area contributed by atoms with Crippen molar-refractivity contribution in [2.24, 2.45) is 0 Å². The van der Waals surface area contributed by atoms with Crippen molar-refractivity contribution in [1.29, 1.82) is 0 Å². The summed E-state index contributed by atoms with van der Waals surface area (Å²) in [6, 6.07) is 11.8. The first-order valence-electron chi connectivity index (χ1n) is 6.65. The predicted molar refractivity (Wildman–Crippen MR) is 91.2 cm³/mol. The molecule has 2 N–H and O–H groups in total. The van der Waals surface area contributed by atoms with Gasteiger partial charge in [0.15, 0.2) is 0 Å². The van der Waals surface area contributed by atoms with Gasteiger partial charge in [-0.2, -0.15) is 0 Å². The van der Waals surface area contributed by atoms with Crippen molar-refractivity contribution in [3.63, 3.8) is 0 Å². The molecule has 2 aromatic carbocycles. The average molecular weight is 339 g/mol. The van der Waals surface area contributed by atoms with Gasteiger partial charge in [-0.1, -0.05) is 23.2 Å². The quantitative estimate of drug-likeness (QED) is 0.847. The van der Waals surface area contributed by atoms with Crippen LogP contribution >= 0.6 is 23.2 Å². The van der Waals surface area contributed by atoms with Crippen LogP contribution in [0.1, 0.15) is 6.92 Å². The molecule has 0 bridgehead atoms. The Kier molecular flexibility index (Phi) is 5.52. The average Bonchev–Trinajstić information content (AvgIpc) is 2.46. The summed E-state index contributed by atoms with van der Waals surface area (Å²) < 4.78 is 5.09. The van der Waals surface area contributed by atoms with Gasteiger partial charge < -0.3 is 15.4 Å². The van der Waals surface area contributed by atoms with E-state index in [9.17, 15) is 4.79 Å². The molecule has 0 radical (unpaired) electrons. The number of carbonyl (C=O) groups excluding carboxylic acids is 1. The highest BCUT2D eigenvalue weighted by molar-refractivity contribution is 6.35. The molecular formula is C16H16Cl2N2O2. The number of halogens is 2. The fourth-order valence-electron chi connectivity index (χ4n) is 1.88. The van der Waals surface area contributed by atoms with Gasteiger partial charge in [0.2, 0.25) is 5.91 Å². The molecule has 0 spiro atoms. The van der Waals surface area contributed by atoms with Crippen LogP contribution in [0.15, 0.2) is 42.5 Å². The van der Waals surface area contributed by atoms with E-state index in [2.05, 4.69) is 10.6 Å². The van der Waals surface area contributed by atoms with Crippen molar-refractivity contribution in [2.45, 2.75) is 13.0 Å². The minimum atomic E-state index is -0.425. The van der Waals surface area contributed by atoms with Gasteiger partial charge in [-0.15, -0.1) is 0 Å². The van der Waals surface area contributed by atoms with E-state index in [0.717, 1.165) is 11.4 Å². The van der Waals surface area contributed by atoms with Gasteiger partial charge in [-0.05, 0) is 49.4 Å². The van der Waals surface area contributed by atoms with E-state index < -0.39 is 6.04 Å². The first-order valence-corrected chi connectivity index (χ1v) is 7.41. The molecule has 0 saturated heterocycles. The Morgan fingerprint density at radius 2 is 1.64 bits per heavy atom. The molecule has 22 heavy (non-hydrogen) atoms. The molecule has 0 aliphatic rings. The van der Waals surface area contributed by atoms with E-state index in [1.807, 2.05) is 24.3 Å². The van der Waals surface area contributed by atoms with Crippen LogP contribution in [0.3, 0.4) is 0 Å². The van der Waals surface area contributed by atoms with Crippen LogP contribution in [-0.2, 0) is 4.79 Å². The molecule has 0 aliphatic heterocycles. The van der Waals surface area contributed by atoms with Gasteiger partial charge in [0, 0.05) is 21.4 Å². The van der Waals surface area contributed by atoms with Gasteiger partial charge in [0.05, 0.1) is 7.11 Å².